The number of para-hydroxylation sites is 1. The summed E-state index contributed by atoms with van der Waals surface area (Å²) in [7, 11) is 0. The second kappa shape index (κ2) is 9.07. The predicted octanol–water partition coefficient (Wildman–Crippen LogP) is 2.57. The van der Waals surface area contributed by atoms with Gasteiger partial charge in [-0.3, -0.25) is 9.59 Å². The van der Waals surface area contributed by atoms with Crippen LogP contribution in [0.1, 0.15) is 30.9 Å². The number of carboxylic acid groups (broad SMARTS) is 1. The van der Waals surface area contributed by atoms with Crippen molar-refractivity contribution in [2.24, 2.45) is 5.92 Å². The molecule has 0 saturated carbocycles. The van der Waals surface area contributed by atoms with Crippen molar-refractivity contribution in [2.45, 2.75) is 33.6 Å². The van der Waals surface area contributed by atoms with Crippen LogP contribution in [0, 0.1) is 19.8 Å². The van der Waals surface area contributed by atoms with E-state index >= 15 is 0 Å². The van der Waals surface area contributed by atoms with Crippen molar-refractivity contribution in [3.05, 3.63) is 29.3 Å². The molecular formula is C18H27N2O3Y+. The van der Waals surface area contributed by atoms with Gasteiger partial charge in [0, 0.05) is 38.4 Å². The van der Waals surface area contributed by atoms with Gasteiger partial charge in [-0.1, -0.05) is 18.2 Å². The molecule has 2 N–H and O–H groups in total. The standard InChI is InChI=1S/C18H26N2O3.Y/c1-4-20(10-6-9-15(11-20)18(22)23)12-16(21)19-17-13(2)7-5-8-14(17)3;/h5,7-8,15H,4,6,9-12H2,1-3H3,(H-,19,21,22,23);/p+1. The number of carboxylic acids is 1. The number of likely N-dealkylation sites (N-methyl/N-ethyl adjacent to an activating group) is 1. The summed E-state index contributed by atoms with van der Waals surface area (Å²) in [6, 6.07) is 5.94. The van der Waals surface area contributed by atoms with Crippen LogP contribution in [-0.2, 0) is 42.3 Å². The number of nitrogens with one attached hydrogen (secondary N) is 1. The van der Waals surface area contributed by atoms with E-state index in [0.717, 1.165) is 36.3 Å². The molecule has 24 heavy (non-hydrogen) atoms. The van der Waals surface area contributed by atoms with Gasteiger partial charge in [-0.2, -0.15) is 0 Å². The summed E-state index contributed by atoms with van der Waals surface area (Å²) in [6.07, 6.45) is 1.58. The van der Waals surface area contributed by atoms with Gasteiger partial charge >= 0.3 is 5.97 Å². The number of piperidine rings is 1. The number of quaternary nitrogens is 1. The van der Waals surface area contributed by atoms with Gasteiger partial charge < -0.3 is 14.9 Å². The van der Waals surface area contributed by atoms with Crippen LogP contribution in [0.4, 0.5) is 5.69 Å². The Balaban J connectivity index is 0.00000288. The van der Waals surface area contributed by atoms with Crippen molar-refractivity contribution >= 4 is 17.6 Å². The molecular weight excluding hydrogens is 381 g/mol. The topological polar surface area (TPSA) is 66.4 Å². The molecule has 1 heterocycles. The van der Waals surface area contributed by atoms with Crippen molar-refractivity contribution in [3.63, 3.8) is 0 Å². The van der Waals surface area contributed by atoms with Crippen LogP contribution in [0.3, 0.4) is 0 Å². The minimum Gasteiger partial charge on any atom is -0.481 e. The summed E-state index contributed by atoms with van der Waals surface area (Å²) >= 11 is 0. The monoisotopic (exact) mass is 408 g/mol. The van der Waals surface area contributed by atoms with E-state index in [1.54, 1.807) is 0 Å². The van der Waals surface area contributed by atoms with Gasteiger partial charge in [-0.25, -0.2) is 0 Å². The normalized spacial score (nSPS) is 23.2. The molecule has 1 aromatic rings. The summed E-state index contributed by atoms with van der Waals surface area (Å²) in [5.74, 6) is -1.11. The van der Waals surface area contributed by atoms with E-state index in [2.05, 4.69) is 5.32 Å². The molecule has 1 aliphatic rings. The second-order valence-corrected chi connectivity index (χ2v) is 6.71. The number of aliphatic carboxylic acids is 1. The van der Waals surface area contributed by atoms with Crippen LogP contribution in [0.15, 0.2) is 18.2 Å². The molecule has 2 unspecified atom stereocenters. The zero-order valence-corrected chi connectivity index (χ0v) is 17.7. The number of likely N-dealkylation sites (tertiary alicyclic amines) is 1. The fourth-order valence-corrected chi connectivity index (χ4v) is 3.56. The Morgan fingerprint density at radius 1 is 1.29 bits per heavy atom. The average Bonchev–Trinajstić information content (AvgIpc) is 2.51. The van der Waals surface area contributed by atoms with Gasteiger partial charge in [0.05, 0.1) is 19.6 Å². The Hall–Kier alpha value is -0.776. The number of rotatable bonds is 5. The molecule has 2 rings (SSSR count). The Morgan fingerprint density at radius 2 is 1.92 bits per heavy atom. The van der Waals surface area contributed by atoms with Crippen LogP contribution in [0.2, 0.25) is 0 Å². The van der Waals surface area contributed by atoms with E-state index < -0.39 is 5.97 Å². The Morgan fingerprint density at radius 3 is 2.46 bits per heavy atom. The van der Waals surface area contributed by atoms with E-state index in [-0.39, 0.29) is 44.5 Å². The van der Waals surface area contributed by atoms with Crippen molar-refractivity contribution in [2.75, 3.05) is 31.5 Å². The van der Waals surface area contributed by atoms with E-state index in [1.807, 2.05) is 39.0 Å². The van der Waals surface area contributed by atoms with Crippen LogP contribution in [-0.4, -0.2) is 47.6 Å². The van der Waals surface area contributed by atoms with Gasteiger partial charge in [0.15, 0.2) is 6.54 Å². The van der Waals surface area contributed by atoms with E-state index in [0.29, 0.717) is 24.0 Å². The molecule has 0 aliphatic carbocycles. The number of anilines is 1. The van der Waals surface area contributed by atoms with Gasteiger partial charge in [-0.05, 0) is 44.7 Å². The van der Waals surface area contributed by atoms with Gasteiger partial charge in [0.1, 0.15) is 5.92 Å². The Kier molecular flexibility index (Phi) is 8.04. The first-order valence-electron chi connectivity index (χ1n) is 8.31. The number of carbonyl (C=O) groups is 2. The van der Waals surface area contributed by atoms with Gasteiger partial charge in [0.2, 0.25) is 0 Å². The summed E-state index contributed by atoms with van der Waals surface area (Å²) in [6.45, 7) is 8.54. The number of carbonyl (C=O) groups excluding carboxylic acids is 1. The average molecular weight is 408 g/mol. The quantitative estimate of drug-likeness (QED) is 0.737. The smallest absolute Gasteiger partial charge is 0.312 e. The van der Waals surface area contributed by atoms with E-state index in [1.165, 1.54) is 0 Å². The molecule has 1 aromatic carbocycles. The predicted molar refractivity (Wildman–Crippen MR) is 90.3 cm³/mol. The molecule has 0 spiro atoms. The van der Waals surface area contributed by atoms with E-state index in [4.69, 9.17) is 0 Å². The van der Waals surface area contributed by atoms with Crippen molar-refractivity contribution in [1.82, 2.24) is 0 Å². The van der Waals surface area contributed by atoms with Crippen molar-refractivity contribution < 1.29 is 51.9 Å². The van der Waals surface area contributed by atoms with Crippen LogP contribution in [0.5, 0.6) is 0 Å². The fraction of sp³-hybridized carbons (Fsp3) is 0.556. The first kappa shape index (κ1) is 21.3. The number of aryl methyl sites for hydroxylation is 2. The van der Waals surface area contributed by atoms with Crippen LogP contribution in [0.25, 0.3) is 0 Å². The van der Waals surface area contributed by atoms with E-state index in [9.17, 15) is 14.7 Å². The number of nitrogens with zero attached hydrogens (tertiary/aromatic N) is 1. The maximum atomic E-state index is 12.6. The summed E-state index contributed by atoms with van der Waals surface area (Å²) in [5, 5.41) is 12.3. The minimum absolute atomic E-state index is 0. The molecule has 0 aromatic heterocycles. The second-order valence-electron chi connectivity index (χ2n) is 6.71. The van der Waals surface area contributed by atoms with Crippen molar-refractivity contribution in [1.29, 1.82) is 0 Å². The third-order valence-electron chi connectivity index (χ3n) is 5.04. The summed E-state index contributed by atoms with van der Waals surface area (Å²) < 4.78 is 0.563. The first-order valence-corrected chi connectivity index (χ1v) is 8.31. The van der Waals surface area contributed by atoms with Crippen molar-refractivity contribution in [3.8, 4) is 0 Å². The van der Waals surface area contributed by atoms with Crippen LogP contribution < -0.4 is 5.32 Å². The molecule has 1 aliphatic heterocycles. The number of hydrogen-bond donors (Lipinski definition) is 2. The zero-order valence-electron chi connectivity index (χ0n) is 14.8. The summed E-state index contributed by atoms with van der Waals surface area (Å²) in [4.78, 5) is 23.9. The first-order chi connectivity index (χ1) is 10.9. The SMILES string of the molecule is CC[N+]1(CC(=O)Nc2c(C)cccc2C)CCCC(C(=O)O)C1.[Y]. The fourth-order valence-electron chi connectivity index (χ4n) is 3.56. The summed E-state index contributed by atoms with van der Waals surface area (Å²) in [5.41, 5.74) is 2.96. The molecule has 129 valence electrons. The maximum absolute atomic E-state index is 12.6. The third-order valence-corrected chi connectivity index (χ3v) is 5.04. The zero-order chi connectivity index (χ0) is 17.0. The number of benzene rings is 1. The molecule has 2 atom stereocenters. The molecule has 1 amide bonds. The Bertz CT molecular complexity index is 586. The molecule has 1 saturated heterocycles. The third kappa shape index (κ3) is 5.11. The largest absolute Gasteiger partial charge is 0.481 e. The van der Waals surface area contributed by atoms with Gasteiger partial charge in [-0.15, -0.1) is 0 Å². The molecule has 0 bridgehead atoms. The molecule has 1 radical (unpaired) electrons. The maximum Gasteiger partial charge on any atom is 0.312 e. The van der Waals surface area contributed by atoms with Gasteiger partial charge in [0.25, 0.3) is 5.91 Å². The van der Waals surface area contributed by atoms with Crippen LogP contribution >= 0.6 is 0 Å². The molecule has 1 fully saturated rings. The molecule has 6 heteroatoms. The Labute approximate surface area is 169 Å². The number of hydrogen-bond acceptors (Lipinski definition) is 2. The minimum atomic E-state index is -0.740. The number of amides is 1. The molecule has 5 nitrogen and oxygen atoms in total.